The number of aromatic nitrogens is 2. The third kappa shape index (κ3) is 3.56. The Morgan fingerprint density at radius 1 is 1.30 bits per heavy atom. The summed E-state index contributed by atoms with van der Waals surface area (Å²) >= 11 is 0. The highest BCUT2D eigenvalue weighted by Gasteiger charge is 2.22. The van der Waals surface area contributed by atoms with Crippen LogP contribution in [-0.4, -0.2) is 35.6 Å². The van der Waals surface area contributed by atoms with Gasteiger partial charge in [-0.15, -0.1) is 0 Å². The quantitative estimate of drug-likeness (QED) is 0.819. The van der Waals surface area contributed by atoms with Gasteiger partial charge in [-0.2, -0.15) is 4.98 Å². The topological polar surface area (TPSA) is 83.4 Å². The Morgan fingerprint density at radius 3 is 2.90 bits per heavy atom. The first-order valence-electron chi connectivity index (χ1n) is 7.62. The van der Waals surface area contributed by atoms with Crippen molar-refractivity contribution < 1.29 is 14.0 Å². The number of rotatable bonds is 7. The fourth-order valence-electron chi connectivity index (χ4n) is 2.53. The molecule has 20 heavy (non-hydrogen) atoms. The summed E-state index contributed by atoms with van der Waals surface area (Å²) in [7, 11) is 0. The minimum atomic E-state index is -0.296. The van der Waals surface area contributed by atoms with E-state index in [9.17, 15) is 0 Å². The number of hydrogen-bond donors (Lipinski definition) is 1. The molecular weight excluding hydrogens is 258 g/mol. The van der Waals surface area contributed by atoms with E-state index in [2.05, 4.69) is 10.1 Å². The smallest absolute Gasteiger partial charge is 0.226 e. The number of nitrogens with zero attached hydrogens (tertiary/aromatic N) is 2. The normalized spacial score (nSPS) is 24.8. The van der Waals surface area contributed by atoms with Crippen LogP contribution in [0.15, 0.2) is 4.52 Å². The molecule has 1 aromatic rings. The molecule has 6 nitrogen and oxygen atoms in total. The molecule has 1 aliphatic carbocycles. The molecule has 2 aliphatic rings. The predicted molar refractivity (Wildman–Crippen MR) is 72.1 cm³/mol. The third-order valence-electron chi connectivity index (χ3n) is 4.08. The number of hydrogen-bond acceptors (Lipinski definition) is 6. The van der Waals surface area contributed by atoms with Gasteiger partial charge in [-0.05, 0) is 38.5 Å². The highest BCUT2D eigenvalue weighted by molar-refractivity contribution is 4.93. The zero-order valence-electron chi connectivity index (χ0n) is 11.8. The van der Waals surface area contributed by atoms with E-state index in [-0.39, 0.29) is 6.04 Å². The average molecular weight is 281 g/mol. The molecule has 0 bridgehead atoms. The van der Waals surface area contributed by atoms with Crippen molar-refractivity contribution in [2.24, 2.45) is 5.73 Å². The van der Waals surface area contributed by atoms with E-state index in [1.807, 2.05) is 0 Å². The summed E-state index contributed by atoms with van der Waals surface area (Å²) in [6.45, 7) is 1.35. The van der Waals surface area contributed by atoms with Gasteiger partial charge in [0.25, 0.3) is 0 Å². The zero-order chi connectivity index (χ0) is 13.8. The maximum atomic E-state index is 6.02. The van der Waals surface area contributed by atoms with Crippen LogP contribution in [-0.2, 0) is 15.9 Å². The maximum absolute atomic E-state index is 6.02. The molecule has 1 saturated heterocycles. The van der Waals surface area contributed by atoms with E-state index < -0.39 is 0 Å². The van der Waals surface area contributed by atoms with Gasteiger partial charge in [-0.1, -0.05) is 5.16 Å². The summed E-state index contributed by atoms with van der Waals surface area (Å²) < 4.78 is 16.5. The largest absolute Gasteiger partial charge is 0.378 e. The fourth-order valence-corrected chi connectivity index (χ4v) is 2.53. The molecule has 3 rings (SSSR count). The minimum Gasteiger partial charge on any atom is -0.378 e. The van der Waals surface area contributed by atoms with Crippen molar-refractivity contribution in [1.29, 1.82) is 0 Å². The molecule has 1 aromatic heterocycles. The van der Waals surface area contributed by atoms with Crippen LogP contribution in [0.5, 0.6) is 0 Å². The van der Waals surface area contributed by atoms with Gasteiger partial charge < -0.3 is 19.7 Å². The van der Waals surface area contributed by atoms with Gasteiger partial charge in [-0.25, -0.2) is 0 Å². The molecule has 2 N–H and O–H groups in total. The summed E-state index contributed by atoms with van der Waals surface area (Å²) in [4.78, 5) is 4.35. The first kappa shape index (κ1) is 14.0. The van der Waals surface area contributed by atoms with E-state index >= 15 is 0 Å². The fraction of sp³-hybridized carbons (Fsp3) is 0.857. The van der Waals surface area contributed by atoms with Gasteiger partial charge in [-0.3, -0.25) is 0 Å². The molecule has 2 unspecified atom stereocenters. The maximum Gasteiger partial charge on any atom is 0.226 e. The van der Waals surface area contributed by atoms with E-state index in [4.69, 9.17) is 19.7 Å². The van der Waals surface area contributed by atoms with Crippen molar-refractivity contribution in [3.63, 3.8) is 0 Å². The second kappa shape index (κ2) is 6.65. The summed E-state index contributed by atoms with van der Waals surface area (Å²) in [6, 6.07) is -0.296. The van der Waals surface area contributed by atoms with E-state index in [0.29, 0.717) is 30.5 Å². The highest BCUT2D eigenvalue weighted by atomic mass is 16.5. The predicted octanol–water partition coefficient (Wildman–Crippen LogP) is 1.75. The van der Waals surface area contributed by atoms with E-state index in [0.717, 1.165) is 45.1 Å². The van der Waals surface area contributed by atoms with Gasteiger partial charge in [0.2, 0.25) is 5.89 Å². The zero-order valence-corrected chi connectivity index (χ0v) is 11.8. The van der Waals surface area contributed by atoms with Gasteiger partial charge in [0.05, 0.1) is 24.9 Å². The Kier molecular flexibility index (Phi) is 4.65. The Bertz CT molecular complexity index is 414. The standard InChI is InChI=1S/C14H23N3O3/c15-12(9-19-10-3-1-4-10)14-16-13(20-17-14)7-6-11-5-2-8-18-11/h10-12H,1-9,15H2. The molecule has 2 heterocycles. The van der Waals surface area contributed by atoms with Crippen LogP contribution in [0.2, 0.25) is 0 Å². The molecule has 0 amide bonds. The average Bonchev–Trinajstić information content (AvgIpc) is 3.06. The van der Waals surface area contributed by atoms with Crippen LogP contribution in [0.4, 0.5) is 0 Å². The molecule has 0 spiro atoms. The minimum absolute atomic E-state index is 0.296. The number of nitrogens with two attached hydrogens (primary N) is 1. The van der Waals surface area contributed by atoms with Crippen molar-refractivity contribution in [3.05, 3.63) is 11.7 Å². The molecule has 1 saturated carbocycles. The van der Waals surface area contributed by atoms with Crippen molar-refractivity contribution >= 4 is 0 Å². The van der Waals surface area contributed by atoms with Crippen LogP contribution in [0, 0.1) is 0 Å². The van der Waals surface area contributed by atoms with E-state index in [1.54, 1.807) is 0 Å². The SMILES string of the molecule is NC(COC1CCC1)c1noc(CCC2CCCO2)n1. The Morgan fingerprint density at radius 2 is 2.20 bits per heavy atom. The van der Waals surface area contributed by atoms with Crippen molar-refractivity contribution in [2.45, 2.75) is 63.2 Å². The van der Waals surface area contributed by atoms with E-state index in [1.165, 1.54) is 6.42 Å². The molecular formula is C14H23N3O3. The van der Waals surface area contributed by atoms with Crippen LogP contribution in [0.25, 0.3) is 0 Å². The van der Waals surface area contributed by atoms with Gasteiger partial charge >= 0.3 is 0 Å². The molecule has 6 heteroatoms. The third-order valence-corrected chi connectivity index (χ3v) is 4.08. The molecule has 1 aliphatic heterocycles. The molecule has 2 fully saturated rings. The Balaban J connectivity index is 1.42. The lowest BCUT2D eigenvalue weighted by Gasteiger charge is -2.26. The summed E-state index contributed by atoms with van der Waals surface area (Å²) in [5.41, 5.74) is 6.02. The molecule has 112 valence electrons. The lowest BCUT2D eigenvalue weighted by Crippen LogP contribution is -2.27. The van der Waals surface area contributed by atoms with Crippen LogP contribution in [0.3, 0.4) is 0 Å². The first-order chi connectivity index (χ1) is 9.81. The van der Waals surface area contributed by atoms with Gasteiger partial charge in [0, 0.05) is 13.0 Å². The molecule has 2 atom stereocenters. The van der Waals surface area contributed by atoms with Gasteiger partial charge in [0.15, 0.2) is 5.82 Å². The summed E-state index contributed by atoms with van der Waals surface area (Å²) in [5.74, 6) is 1.20. The van der Waals surface area contributed by atoms with Crippen molar-refractivity contribution in [1.82, 2.24) is 10.1 Å². The van der Waals surface area contributed by atoms with Crippen LogP contribution in [0.1, 0.15) is 56.3 Å². The summed E-state index contributed by atoms with van der Waals surface area (Å²) in [6.07, 6.45) is 8.27. The van der Waals surface area contributed by atoms with Crippen molar-refractivity contribution in [2.75, 3.05) is 13.2 Å². The van der Waals surface area contributed by atoms with Gasteiger partial charge in [0.1, 0.15) is 0 Å². The monoisotopic (exact) mass is 281 g/mol. The number of ether oxygens (including phenoxy) is 2. The highest BCUT2D eigenvalue weighted by Crippen LogP contribution is 2.23. The molecule has 0 radical (unpaired) electrons. The Labute approximate surface area is 119 Å². The van der Waals surface area contributed by atoms with Crippen LogP contribution < -0.4 is 5.73 Å². The first-order valence-corrected chi connectivity index (χ1v) is 7.62. The summed E-state index contributed by atoms with van der Waals surface area (Å²) in [5, 5.41) is 3.95. The lowest BCUT2D eigenvalue weighted by molar-refractivity contribution is -0.00549. The second-order valence-corrected chi connectivity index (χ2v) is 5.71. The van der Waals surface area contributed by atoms with Crippen molar-refractivity contribution in [3.8, 4) is 0 Å². The lowest BCUT2D eigenvalue weighted by atomic mass is 9.96. The molecule has 0 aromatic carbocycles. The second-order valence-electron chi connectivity index (χ2n) is 5.71. The Hall–Kier alpha value is -0.980. The van der Waals surface area contributed by atoms with Crippen LogP contribution >= 0.6 is 0 Å². The number of aryl methyl sites for hydroxylation is 1.